The van der Waals surface area contributed by atoms with Crippen LogP contribution in [0.3, 0.4) is 0 Å². The van der Waals surface area contributed by atoms with Crippen molar-refractivity contribution in [3.63, 3.8) is 0 Å². The number of carbonyl (C=O) groups excluding carboxylic acids is 1. The largest absolute Gasteiger partial charge is 0.489 e. The molecule has 1 atom stereocenters. The normalized spacial score (nSPS) is 12.4. The molecule has 0 saturated carbocycles. The highest BCUT2D eigenvalue weighted by atomic mass is 35.5. The van der Waals surface area contributed by atoms with Gasteiger partial charge in [-0.15, -0.1) is 11.6 Å². The lowest BCUT2D eigenvalue weighted by Gasteiger charge is -2.18. The van der Waals surface area contributed by atoms with E-state index in [4.69, 9.17) is 16.3 Å². The summed E-state index contributed by atoms with van der Waals surface area (Å²) in [5, 5.41) is 2.60. The van der Waals surface area contributed by atoms with Crippen LogP contribution in [-0.2, 0) is 27.8 Å². The van der Waals surface area contributed by atoms with Gasteiger partial charge in [-0.3, -0.25) is 4.79 Å². The summed E-state index contributed by atoms with van der Waals surface area (Å²) in [7, 11) is -3.40. The highest BCUT2D eigenvalue weighted by Crippen LogP contribution is 2.15. The van der Waals surface area contributed by atoms with Gasteiger partial charge in [-0.1, -0.05) is 42.5 Å². The molecule has 0 aliphatic heterocycles. The number of halogens is 1. The van der Waals surface area contributed by atoms with Crippen LogP contribution in [-0.4, -0.2) is 39.0 Å². The Kier molecular flexibility index (Phi) is 8.09. The summed E-state index contributed by atoms with van der Waals surface area (Å²) < 4.78 is 31.4. The van der Waals surface area contributed by atoms with Crippen LogP contribution in [0, 0.1) is 0 Å². The molecule has 2 rings (SSSR count). The van der Waals surface area contributed by atoms with Gasteiger partial charge in [0.2, 0.25) is 15.9 Å². The first-order chi connectivity index (χ1) is 12.9. The summed E-state index contributed by atoms with van der Waals surface area (Å²) in [6.45, 7) is 0.633. The Balaban J connectivity index is 1.94. The van der Waals surface area contributed by atoms with E-state index in [1.807, 2.05) is 54.6 Å². The molecular weight excluding hydrogens is 388 g/mol. The van der Waals surface area contributed by atoms with Crippen LogP contribution in [0.2, 0.25) is 0 Å². The first kappa shape index (κ1) is 21.2. The van der Waals surface area contributed by atoms with Gasteiger partial charge in [0, 0.05) is 12.6 Å². The Morgan fingerprint density at radius 3 is 2.33 bits per heavy atom. The second-order valence-electron chi connectivity index (χ2n) is 6.15. The van der Waals surface area contributed by atoms with Crippen molar-refractivity contribution in [3.05, 3.63) is 65.7 Å². The predicted molar refractivity (Wildman–Crippen MR) is 106 cm³/mol. The zero-order chi connectivity index (χ0) is 19.7. The number of hydrogen-bond donors (Lipinski definition) is 2. The average Bonchev–Trinajstić information content (AvgIpc) is 2.65. The SMILES string of the molecule is CS(=O)(=O)NC(CNC(=O)CCl)Cc1ccc(OCc2ccccc2)cc1. The molecule has 1 unspecified atom stereocenters. The van der Waals surface area contributed by atoms with Crippen molar-refractivity contribution in [2.75, 3.05) is 18.7 Å². The molecule has 0 aromatic heterocycles. The molecule has 1 amide bonds. The third-order valence-corrected chi connectivity index (χ3v) is 4.71. The lowest BCUT2D eigenvalue weighted by molar-refractivity contribution is -0.118. The molecule has 0 aliphatic carbocycles. The number of carbonyl (C=O) groups is 1. The quantitative estimate of drug-likeness (QED) is 0.587. The van der Waals surface area contributed by atoms with Gasteiger partial charge in [-0.25, -0.2) is 13.1 Å². The number of amides is 1. The summed E-state index contributed by atoms with van der Waals surface area (Å²) >= 11 is 5.46. The number of benzene rings is 2. The molecule has 0 aliphatic rings. The number of rotatable bonds is 10. The molecular formula is C19H23ClN2O4S. The Labute approximate surface area is 164 Å². The van der Waals surface area contributed by atoms with Crippen LogP contribution in [0.25, 0.3) is 0 Å². The third-order valence-electron chi connectivity index (χ3n) is 3.70. The Bertz CT molecular complexity index is 827. The molecule has 27 heavy (non-hydrogen) atoms. The van der Waals surface area contributed by atoms with Crippen molar-refractivity contribution in [3.8, 4) is 5.75 Å². The fourth-order valence-corrected chi connectivity index (χ4v) is 3.36. The van der Waals surface area contributed by atoms with Crippen molar-refractivity contribution in [1.29, 1.82) is 0 Å². The van der Waals surface area contributed by atoms with Crippen molar-refractivity contribution in [2.45, 2.75) is 19.1 Å². The zero-order valence-electron chi connectivity index (χ0n) is 15.0. The fourth-order valence-electron chi connectivity index (χ4n) is 2.49. The van der Waals surface area contributed by atoms with E-state index < -0.39 is 16.1 Å². The molecule has 0 bridgehead atoms. The van der Waals surface area contributed by atoms with Gasteiger partial charge >= 0.3 is 0 Å². The van der Waals surface area contributed by atoms with Gasteiger partial charge in [0.15, 0.2) is 0 Å². The van der Waals surface area contributed by atoms with Crippen LogP contribution in [0.15, 0.2) is 54.6 Å². The first-order valence-electron chi connectivity index (χ1n) is 8.41. The van der Waals surface area contributed by atoms with Crippen molar-refractivity contribution in [2.24, 2.45) is 0 Å². The maximum Gasteiger partial charge on any atom is 0.234 e. The minimum Gasteiger partial charge on any atom is -0.489 e. The maximum atomic E-state index is 11.6. The van der Waals surface area contributed by atoms with Crippen LogP contribution in [0.4, 0.5) is 0 Å². The van der Waals surface area contributed by atoms with Gasteiger partial charge in [0.1, 0.15) is 18.2 Å². The number of alkyl halides is 1. The van der Waals surface area contributed by atoms with E-state index in [9.17, 15) is 13.2 Å². The summed E-state index contributed by atoms with van der Waals surface area (Å²) in [5.41, 5.74) is 2.00. The van der Waals surface area contributed by atoms with Crippen LogP contribution in [0.5, 0.6) is 5.75 Å². The topological polar surface area (TPSA) is 84.5 Å². The zero-order valence-corrected chi connectivity index (χ0v) is 16.6. The molecule has 0 radical (unpaired) electrons. The molecule has 2 N–H and O–H groups in total. The molecule has 0 fully saturated rings. The Morgan fingerprint density at radius 1 is 1.07 bits per heavy atom. The van der Waals surface area contributed by atoms with Crippen LogP contribution >= 0.6 is 11.6 Å². The fraction of sp³-hybridized carbons (Fsp3) is 0.316. The Hall–Kier alpha value is -2.09. The highest BCUT2D eigenvalue weighted by Gasteiger charge is 2.15. The van der Waals surface area contributed by atoms with Gasteiger partial charge < -0.3 is 10.1 Å². The van der Waals surface area contributed by atoms with E-state index in [2.05, 4.69) is 10.0 Å². The number of sulfonamides is 1. The van der Waals surface area contributed by atoms with Crippen molar-refractivity contribution in [1.82, 2.24) is 10.0 Å². The van der Waals surface area contributed by atoms with Gasteiger partial charge in [-0.05, 0) is 29.7 Å². The molecule has 146 valence electrons. The van der Waals surface area contributed by atoms with Gasteiger partial charge in [-0.2, -0.15) is 0 Å². The number of ether oxygens (including phenoxy) is 1. The molecule has 2 aromatic rings. The van der Waals surface area contributed by atoms with E-state index in [0.29, 0.717) is 13.0 Å². The van der Waals surface area contributed by atoms with E-state index in [0.717, 1.165) is 23.1 Å². The second kappa shape index (κ2) is 10.3. The van der Waals surface area contributed by atoms with Gasteiger partial charge in [0.25, 0.3) is 0 Å². The first-order valence-corrected chi connectivity index (χ1v) is 10.8. The summed E-state index contributed by atoms with van der Waals surface area (Å²) in [6.07, 6.45) is 1.51. The molecule has 0 heterocycles. The standard InChI is InChI=1S/C19H23ClN2O4S/c1-27(24,25)22-17(13-21-19(23)12-20)11-15-7-9-18(10-8-15)26-14-16-5-3-2-4-6-16/h2-10,17,22H,11-14H2,1H3,(H,21,23). The molecule has 0 saturated heterocycles. The monoisotopic (exact) mass is 410 g/mol. The second-order valence-corrected chi connectivity index (χ2v) is 8.19. The smallest absolute Gasteiger partial charge is 0.234 e. The van der Waals surface area contributed by atoms with E-state index in [1.165, 1.54) is 0 Å². The van der Waals surface area contributed by atoms with E-state index in [-0.39, 0.29) is 18.3 Å². The molecule has 6 nitrogen and oxygen atoms in total. The van der Waals surface area contributed by atoms with E-state index in [1.54, 1.807) is 0 Å². The average molecular weight is 411 g/mol. The lowest BCUT2D eigenvalue weighted by atomic mass is 10.1. The molecule has 8 heteroatoms. The number of hydrogen-bond acceptors (Lipinski definition) is 4. The minimum atomic E-state index is -3.40. The summed E-state index contributed by atoms with van der Waals surface area (Å²) in [5.74, 6) is 0.214. The number of nitrogens with one attached hydrogen (secondary N) is 2. The van der Waals surface area contributed by atoms with Crippen molar-refractivity contribution >= 4 is 27.5 Å². The maximum absolute atomic E-state index is 11.6. The predicted octanol–water partition coefficient (Wildman–Crippen LogP) is 2.08. The van der Waals surface area contributed by atoms with Gasteiger partial charge in [0.05, 0.1) is 6.26 Å². The molecule has 2 aromatic carbocycles. The van der Waals surface area contributed by atoms with Crippen molar-refractivity contribution < 1.29 is 17.9 Å². The highest BCUT2D eigenvalue weighted by molar-refractivity contribution is 7.88. The van der Waals surface area contributed by atoms with E-state index >= 15 is 0 Å². The molecule has 0 spiro atoms. The van der Waals surface area contributed by atoms with Crippen LogP contribution < -0.4 is 14.8 Å². The minimum absolute atomic E-state index is 0.158. The lowest BCUT2D eigenvalue weighted by Crippen LogP contribution is -2.44. The summed E-state index contributed by atoms with van der Waals surface area (Å²) in [4.78, 5) is 11.3. The third kappa shape index (κ3) is 8.43. The Morgan fingerprint density at radius 2 is 1.74 bits per heavy atom. The summed E-state index contributed by atoms with van der Waals surface area (Å²) in [6, 6.07) is 16.8. The van der Waals surface area contributed by atoms with Crippen LogP contribution in [0.1, 0.15) is 11.1 Å².